The van der Waals surface area contributed by atoms with Gasteiger partial charge in [-0.05, 0) is 0 Å². The summed E-state index contributed by atoms with van der Waals surface area (Å²) in [6, 6.07) is 33.1. The molecule has 3 rings (SSSR count). The van der Waals surface area contributed by atoms with Crippen molar-refractivity contribution in [3.8, 4) is 0 Å². The molecule has 4 heteroatoms. The van der Waals surface area contributed by atoms with Crippen LogP contribution in [0.1, 0.15) is 12.8 Å². The molecule has 0 unspecified atom stereocenters. The summed E-state index contributed by atoms with van der Waals surface area (Å²) in [6.07, 6.45) is 2.80. The third-order valence-electron chi connectivity index (χ3n) is 5.43. The van der Waals surface area contributed by atoms with Crippen molar-refractivity contribution in [1.82, 2.24) is 0 Å². The van der Waals surface area contributed by atoms with Crippen LogP contribution in [0.15, 0.2) is 91.0 Å². The van der Waals surface area contributed by atoms with E-state index >= 15 is 0 Å². The number of halogens is 1. The third kappa shape index (κ3) is 4.04. The summed E-state index contributed by atoms with van der Waals surface area (Å²) in [5.41, 5.74) is 0. The minimum atomic E-state index is -2.67. The molecule has 0 spiro atoms. The first kappa shape index (κ1) is 21.4. The van der Waals surface area contributed by atoms with Crippen LogP contribution in [0, 0.1) is 0 Å². The maximum absolute atomic E-state index is 5.45. The van der Waals surface area contributed by atoms with Crippen LogP contribution in [-0.4, -0.2) is 26.7 Å². The summed E-state index contributed by atoms with van der Waals surface area (Å²) in [4.78, 5) is 0. The van der Waals surface area contributed by atoms with E-state index in [-0.39, 0.29) is 6.29 Å². The Hall–Kier alpha value is -1.26. The Morgan fingerprint density at radius 1 is 0.679 bits per heavy atom. The number of methoxy groups -OCH3 is 2. The summed E-state index contributed by atoms with van der Waals surface area (Å²) in [5, 5.41) is 4.24. The average Bonchev–Trinajstić information content (AvgIpc) is 2.78. The van der Waals surface area contributed by atoms with Crippen molar-refractivity contribution in [1.29, 1.82) is 0 Å². The first-order valence-electron chi connectivity index (χ1n) is 9.58. The van der Waals surface area contributed by atoms with Crippen LogP contribution in [0.25, 0.3) is 0 Å². The van der Waals surface area contributed by atoms with Gasteiger partial charge in [-0.25, -0.2) is 0 Å². The normalized spacial score (nSPS) is 13.2. The Bertz CT molecular complexity index is 752. The Morgan fingerprint density at radius 2 is 1.04 bits per heavy atom. The van der Waals surface area contributed by atoms with E-state index in [0.29, 0.717) is 0 Å². The molecular formula is C24H28IO2P. The molecule has 0 bridgehead atoms. The third-order valence-corrected chi connectivity index (χ3v) is 17.2. The van der Waals surface area contributed by atoms with Gasteiger partial charge in [0.05, 0.1) is 0 Å². The van der Waals surface area contributed by atoms with Crippen LogP contribution in [0.2, 0.25) is 0 Å². The SMILES string of the molecule is COC(CCCP(I)(c1ccccc1)(c1ccccc1)c1ccccc1)OC. The monoisotopic (exact) mass is 506 g/mol. The van der Waals surface area contributed by atoms with Crippen LogP contribution in [-0.2, 0) is 9.47 Å². The fourth-order valence-electron chi connectivity index (χ4n) is 3.94. The van der Waals surface area contributed by atoms with E-state index in [9.17, 15) is 0 Å². The standard InChI is InChI=1S/C24H28IO2P/c1-26-24(27-2)19-12-20-28(25,21-13-6-3-7-14-21,22-15-8-4-9-16-22)23-17-10-5-11-18-23/h3-11,13-18,24H,12,19-20H2,1-2H3. The first-order valence-corrected chi connectivity index (χ1v) is 14.8. The van der Waals surface area contributed by atoms with E-state index in [1.165, 1.54) is 15.9 Å². The number of rotatable bonds is 9. The summed E-state index contributed by atoms with van der Waals surface area (Å²) < 4.78 is 8.24. The number of ether oxygens (including phenoxy) is 2. The van der Waals surface area contributed by atoms with Crippen molar-refractivity contribution in [2.24, 2.45) is 0 Å². The van der Waals surface area contributed by atoms with E-state index < -0.39 is 4.25 Å². The molecule has 28 heavy (non-hydrogen) atoms. The summed E-state index contributed by atoms with van der Waals surface area (Å²) in [5.74, 6) is 0. The molecule has 0 aromatic heterocycles. The van der Waals surface area contributed by atoms with Gasteiger partial charge in [0.25, 0.3) is 0 Å². The maximum atomic E-state index is 5.45. The molecular weight excluding hydrogens is 478 g/mol. The Morgan fingerprint density at radius 3 is 1.36 bits per heavy atom. The summed E-state index contributed by atoms with van der Waals surface area (Å²) in [6.45, 7) is 0. The predicted molar refractivity (Wildman–Crippen MR) is 131 cm³/mol. The second-order valence-electron chi connectivity index (χ2n) is 6.96. The van der Waals surface area contributed by atoms with Crippen molar-refractivity contribution in [3.63, 3.8) is 0 Å². The molecule has 0 saturated carbocycles. The molecule has 0 aliphatic rings. The van der Waals surface area contributed by atoms with Crippen LogP contribution in [0.5, 0.6) is 0 Å². The van der Waals surface area contributed by atoms with Gasteiger partial charge in [-0.15, -0.1) is 0 Å². The zero-order valence-electron chi connectivity index (χ0n) is 16.5. The van der Waals surface area contributed by atoms with Crippen LogP contribution in [0.3, 0.4) is 0 Å². The van der Waals surface area contributed by atoms with Gasteiger partial charge in [0.15, 0.2) is 0 Å². The van der Waals surface area contributed by atoms with Crippen molar-refractivity contribution < 1.29 is 9.47 Å². The molecule has 0 aliphatic carbocycles. The van der Waals surface area contributed by atoms with Gasteiger partial charge in [0.1, 0.15) is 0 Å². The van der Waals surface area contributed by atoms with Crippen molar-refractivity contribution in [2.45, 2.75) is 19.1 Å². The van der Waals surface area contributed by atoms with Gasteiger partial charge in [0.2, 0.25) is 0 Å². The Balaban J connectivity index is 2.19. The topological polar surface area (TPSA) is 18.5 Å². The van der Waals surface area contributed by atoms with Gasteiger partial charge >= 0.3 is 182 Å². The molecule has 2 nitrogen and oxygen atoms in total. The number of hydrogen-bond donors (Lipinski definition) is 0. The quantitative estimate of drug-likeness (QED) is 0.224. The molecule has 0 N–H and O–H groups in total. The van der Waals surface area contributed by atoms with Crippen LogP contribution >= 0.6 is 26.3 Å². The average molecular weight is 506 g/mol. The van der Waals surface area contributed by atoms with Gasteiger partial charge < -0.3 is 0 Å². The fourth-order valence-corrected chi connectivity index (χ4v) is 12.7. The molecule has 0 radical (unpaired) electrons. The summed E-state index contributed by atoms with van der Waals surface area (Å²) in [7, 11) is 3.42. The first-order chi connectivity index (χ1) is 13.6. The minimum absolute atomic E-state index is 0.160. The Labute approximate surface area is 181 Å². The molecule has 0 aliphatic heterocycles. The van der Waals surface area contributed by atoms with Crippen molar-refractivity contribution >= 4 is 42.2 Å². The molecule has 0 heterocycles. The number of hydrogen-bond acceptors (Lipinski definition) is 2. The van der Waals surface area contributed by atoms with Gasteiger partial charge in [-0.1, -0.05) is 0 Å². The number of benzene rings is 3. The van der Waals surface area contributed by atoms with Crippen LogP contribution < -0.4 is 15.9 Å². The zero-order valence-corrected chi connectivity index (χ0v) is 19.6. The predicted octanol–water partition coefficient (Wildman–Crippen LogP) is 5.27. The van der Waals surface area contributed by atoms with Crippen molar-refractivity contribution in [3.05, 3.63) is 91.0 Å². The molecule has 0 fully saturated rings. The molecule has 3 aromatic carbocycles. The fraction of sp³-hybridized carbons (Fsp3) is 0.250. The van der Waals surface area contributed by atoms with E-state index in [1.54, 1.807) is 14.2 Å². The second-order valence-corrected chi connectivity index (χ2v) is 17.7. The van der Waals surface area contributed by atoms with Crippen LogP contribution in [0.4, 0.5) is 0 Å². The zero-order chi connectivity index (χ0) is 19.9. The molecule has 0 atom stereocenters. The molecule has 0 amide bonds. The van der Waals surface area contributed by atoms with E-state index in [0.717, 1.165) is 19.0 Å². The second kappa shape index (κ2) is 9.49. The molecule has 3 aromatic rings. The van der Waals surface area contributed by atoms with E-state index in [4.69, 9.17) is 9.47 Å². The van der Waals surface area contributed by atoms with Gasteiger partial charge in [0, 0.05) is 0 Å². The molecule has 0 saturated heterocycles. The van der Waals surface area contributed by atoms with Gasteiger partial charge in [-0.2, -0.15) is 0 Å². The van der Waals surface area contributed by atoms with E-state index in [1.807, 2.05) is 0 Å². The van der Waals surface area contributed by atoms with Crippen molar-refractivity contribution in [2.75, 3.05) is 20.4 Å². The Kier molecular flexibility index (Phi) is 7.27. The summed E-state index contributed by atoms with van der Waals surface area (Å²) >= 11 is 2.83. The van der Waals surface area contributed by atoms with Gasteiger partial charge in [-0.3, -0.25) is 0 Å². The van der Waals surface area contributed by atoms with E-state index in [2.05, 4.69) is 113 Å². The molecule has 148 valence electrons.